The molecule has 2 rings (SSSR count). The van der Waals surface area contributed by atoms with Crippen LogP contribution in [0.5, 0.6) is 17.2 Å². The van der Waals surface area contributed by atoms with E-state index in [1.54, 1.807) is 19.2 Å². The van der Waals surface area contributed by atoms with Crippen LogP contribution in [0.4, 0.5) is 5.69 Å². The highest BCUT2D eigenvalue weighted by atomic mass is 16.9. The first-order valence-corrected chi connectivity index (χ1v) is 6.25. The van der Waals surface area contributed by atoms with Crippen molar-refractivity contribution in [2.45, 2.75) is 0 Å². The molecular weight excluding hydrogens is 304 g/mol. The fourth-order valence-corrected chi connectivity index (χ4v) is 1.55. The second-order valence-electron chi connectivity index (χ2n) is 4.05. The van der Waals surface area contributed by atoms with E-state index in [0.717, 1.165) is 5.75 Å². The Morgan fingerprint density at radius 1 is 1.13 bits per heavy atom. The minimum Gasteiger partial charge on any atom is -0.497 e. The summed E-state index contributed by atoms with van der Waals surface area (Å²) in [7, 11) is 1.62. The van der Waals surface area contributed by atoms with Crippen LogP contribution in [-0.2, 0) is 0 Å². The zero-order valence-electron chi connectivity index (χ0n) is 12.2. The third-order valence-electron chi connectivity index (χ3n) is 2.37. The Kier molecular flexibility index (Phi) is 6.66. The minimum absolute atomic E-state index is 0.0154. The fourth-order valence-electron chi connectivity index (χ4n) is 1.55. The molecule has 5 N–H and O–H groups in total. The van der Waals surface area contributed by atoms with Crippen LogP contribution in [0.25, 0.3) is 0 Å². The van der Waals surface area contributed by atoms with Gasteiger partial charge < -0.3 is 26.1 Å². The molecule has 9 nitrogen and oxygen atoms in total. The van der Waals surface area contributed by atoms with Crippen molar-refractivity contribution in [1.82, 2.24) is 0 Å². The molecule has 0 aliphatic heterocycles. The lowest BCUT2D eigenvalue weighted by Crippen LogP contribution is -2.21. The maximum absolute atomic E-state index is 8.36. The molecule has 0 atom stereocenters. The van der Waals surface area contributed by atoms with Crippen LogP contribution in [0.3, 0.4) is 0 Å². The highest BCUT2D eigenvalue weighted by Crippen LogP contribution is 2.26. The van der Waals surface area contributed by atoms with Crippen LogP contribution in [0.1, 0.15) is 0 Å². The van der Waals surface area contributed by atoms with Gasteiger partial charge in [-0.05, 0) is 36.4 Å². The van der Waals surface area contributed by atoms with E-state index in [2.05, 4.69) is 4.99 Å². The summed E-state index contributed by atoms with van der Waals surface area (Å²) in [4.78, 5) is 12.3. The monoisotopic (exact) mass is 320 g/mol. The predicted octanol–water partition coefficient (Wildman–Crippen LogP) is 2.04. The van der Waals surface area contributed by atoms with E-state index in [1.165, 1.54) is 0 Å². The first-order valence-electron chi connectivity index (χ1n) is 6.25. The number of benzene rings is 2. The fraction of sp³-hybridized carbons (Fsp3) is 0.0714. The number of nitrogens with zero attached hydrogens (tertiary/aromatic N) is 2. The topological polar surface area (TPSA) is 146 Å². The van der Waals surface area contributed by atoms with Gasteiger partial charge in [-0.15, -0.1) is 10.1 Å². The van der Waals surface area contributed by atoms with Gasteiger partial charge in [-0.3, -0.25) is 0 Å². The molecular formula is C14H16N4O5. The number of rotatable bonds is 4. The molecule has 23 heavy (non-hydrogen) atoms. The van der Waals surface area contributed by atoms with Gasteiger partial charge in [0.05, 0.1) is 12.8 Å². The third-order valence-corrected chi connectivity index (χ3v) is 2.37. The molecule has 0 bridgehead atoms. The van der Waals surface area contributed by atoms with Gasteiger partial charge in [-0.25, -0.2) is 4.99 Å². The van der Waals surface area contributed by atoms with Crippen LogP contribution in [0.2, 0.25) is 0 Å². The molecule has 0 aliphatic rings. The molecule has 0 unspecified atom stereocenters. The molecule has 0 spiro atoms. The van der Waals surface area contributed by atoms with Gasteiger partial charge >= 0.3 is 0 Å². The van der Waals surface area contributed by atoms with Crippen LogP contribution in [0, 0.1) is 10.1 Å². The summed E-state index contributed by atoms with van der Waals surface area (Å²) < 4.78 is 10.8. The summed E-state index contributed by atoms with van der Waals surface area (Å²) in [6.45, 7) is 0. The van der Waals surface area contributed by atoms with Gasteiger partial charge in [-0.2, -0.15) is 0 Å². The molecule has 0 amide bonds. The van der Waals surface area contributed by atoms with Gasteiger partial charge in [0.15, 0.2) is 5.96 Å². The number of aliphatic imine (C=N–C) groups is 1. The lowest BCUT2D eigenvalue weighted by molar-refractivity contribution is -0.742. The molecule has 2 aromatic carbocycles. The number of methoxy groups -OCH3 is 1. The van der Waals surface area contributed by atoms with Crippen LogP contribution in [-0.4, -0.2) is 23.4 Å². The van der Waals surface area contributed by atoms with Gasteiger partial charge in [0.25, 0.3) is 5.09 Å². The minimum atomic E-state index is -1.50. The quantitative estimate of drug-likeness (QED) is 0.338. The standard InChI is InChI=1S/C14H15N3O2.HNO3/c1-18-11-5-7-12(8-6-11)19-13-4-2-3-10(9-13)17-14(15)16;2-1(3)4/h2-9H,1H3,(H4,15,16,17);(H,2,3,4). The molecule has 9 heteroatoms. The lowest BCUT2D eigenvalue weighted by atomic mass is 10.3. The van der Waals surface area contributed by atoms with Crippen molar-refractivity contribution in [2.75, 3.05) is 7.11 Å². The number of ether oxygens (including phenoxy) is 2. The summed E-state index contributed by atoms with van der Waals surface area (Å²) in [5.41, 5.74) is 11.3. The first kappa shape index (κ1) is 17.6. The number of hydrogen-bond donors (Lipinski definition) is 3. The van der Waals surface area contributed by atoms with E-state index < -0.39 is 5.09 Å². The summed E-state index contributed by atoms with van der Waals surface area (Å²) in [5, 5.41) is 13.6. The molecule has 0 aromatic heterocycles. The summed E-state index contributed by atoms with van der Waals surface area (Å²) in [6, 6.07) is 14.5. The number of guanidine groups is 1. The Balaban J connectivity index is 0.000000593. The maximum atomic E-state index is 8.36. The molecule has 0 saturated carbocycles. The molecule has 0 radical (unpaired) electrons. The van der Waals surface area contributed by atoms with Crippen molar-refractivity contribution in [3.63, 3.8) is 0 Å². The molecule has 2 aromatic rings. The van der Waals surface area contributed by atoms with E-state index in [9.17, 15) is 0 Å². The Morgan fingerprint density at radius 2 is 1.70 bits per heavy atom. The van der Waals surface area contributed by atoms with Crippen LogP contribution < -0.4 is 20.9 Å². The van der Waals surface area contributed by atoms with Gasteiger partial charge in [0, 0.05) is 6.07 Å². The number of nitrogens with two attached hydrogens (primary N) is 2. The van der Waals surface area contributed by atoms with Gasteiger partial charge in [0.2, 0.25) is 0 Å². The van der Waals surface area contributed by atoms with Gasteiger partial charge in [-0.1, -0.05) is 6.07 Å². The van der Waals surface area contributed by atoms with Crippen molar-refractivity contribution in [3.05, 3.63) is 58.6 Å². The molecule has 0 fully saturated rings. The van der Waals surface area contributed by atoms with E-state index >= 15 is 0 Å². The highest BCUT2D eigenvalue weighted by molar-refractivity contribution is 5.79. The average Bonchev–Trinajstić information content (AvgIpc) is 2.47. The maximum Gasteiger partial charge on any atom is 0.291 e. The smallest absolute Gasteiger partial charge is 0.291 e. The molecule has 122 valence electrons. The predicted molar refractivity (Wildman–Crippen MR) is 83.8 cm³/mol. The normalized spacial score (nSPS) is 9.09. The van der Waals surface area contributed by atoms with E-state index in [0.29, 0.717) is 17.2 Å². The zero-order valence-corrected chi connectivity index (χ0v) is 12.2. The van der Waals surface area contributed by atoms with Crippen LogP contribution in [0.15, 0.2) is 53.5 Å². The van der Waals surface area contributed by atoms with Crippen LogP contribution >= 0.6 is 0 Å². The summed E-state index contributed by atoms with van der Waals surface area (Å²) in [6.07, 6.45) is 0. The Morgan fingerprint density at radius 3 is 2.22 bits per heavy atom. The van der Waals surface area contributed by atoms with E-state index in [1.807, 2.05) is 36.4 Å². The highest BCUT2D eigenvalue weighted by Gasteiger charge is 1.99. The largest absolute Gasteiger partial charge is 0.497 e. The van der Waals surface area contributed by atoms with Crippen molar-refractivity contribution in [3.8, 4) is 17.2 Å². The van der Waals surface area contributed by atoms with Crippen molar-refractivity contribution < 1.29 is 19.8 Å². The van der Waals surface area contributed by atoms with E-state index in [4.69, 9.17) is 36.3 Å². The Bertz CT molecular complexity index is 665. The molecule has 0 heterocycles. The third kappa shape index (κ3) is 7.18. The second kappa shape index (κ2) is 8.72. The number of hydrogen-bond acceptors (Lipinski definition) is 5. The molecule has 0 aliphatic carbocycles. The Labute approximate surface area is 131 Å². The van der Waals surface area contributed by atoms with Crippen molar-refractivity contribution >= 4 is 11.6 Å². The lowest BCUT2D eigenvalue weighted by Gasteiger charge is -2.07. The average molecular weight is 320 g/mol. The van der Waals surface area contributed by atoms with Gasteiger partial charge in [0.1, 0.15) is 17.2 Å². The van der Waals surface area contributed by atoms with E-state index in [-0.39, 0.29) is 5.96 Å². The SMILES string of the molecule is COc1ccc(Oc2cccc(N=C(N)N)c2)cc1.O=[N+]([O-])O. The molecule has 0 saturated heterocycles. The summed E-state index contributed by atoms with van der Waals surface area (Å²) >= 11 is 0. The first-order chi connectivity index (χ1) is 10.9. The van der Waals surface area contributed by atoms with Crippen molar-refractivity contribution in [2.24, 2.45) is 16.5 Å². The van der Waals surface area contributed by atoms with Crippen molar-refractivity contribution in [1.29, 1.82) is 0 Å². The Hall–Kier alpha value is -3.49. The zero-order chi connectivity index (χ0) is 17.2. The summed E-state index contributed by atoms with van der Waals surface area (Å²) in [5.74, 6) is 2.17. The second-order valence-corrected chi connectivity index (χ2v) is 4.05.